The molecule has 1 N–H and O–H groups in total. The van der Waals surface area contributed by atoms with Crippen LogP contribution in [0.3, 0.4) is 0 Å². The monoisotopic (exact) mass is 471 g/mol. The normalized spacial score (nSPS) is 10.9. The van der Waals surface area contributed by atoms with Crippen molar-refractivity contribution in [2.75, 3.05) is 20.3 Å². The van der Waals surface area contributed by atoms with Gasteiger partial charge in [-0.3, -0.25) is 4.79 Å². The fraction of sp³-hybridized carbons (Fsp3) is 0.310. The van der Waals surface area contributed by atoms with Crippen LogP contribution in [0.15, 0.2) is 66.7 Å². The summed E-state index contributed by atoms with van der Waals surface area (Å²) in [5.41, 5.74) is 5.03. The highest BCUT2D eigenvalue weighted by atomic mass is 16.5. The fourth-order valence-corrected chi connectivity index (χ4v) is 4.29. The fourth-order valence-electron chi connectivity index (χ4n) is 4.29. The van der Waals surface area contributed by atoms with E-state index in [2.05, 4.69) is 48.0 Å². The van der Waals surface area contributed by atoms with Gasteiger partial charge in [-0.15, -0.1) is 0 Å². The van der Waals surface area contributed by atoms with Gasteiger partial charge in [0.25, 0.3) is 5.91 Å². The molecule has 4 aromatic rings. The Hall–Kier alpha value is -3.80. The van der Waals surface area contributed by atoms with Crippen molar-refractivity contribution in [1.82, 2.24) is 14.9 Å². The number of para-hydroxylation sites is 3. The number of carbonyl (C=O) groups excluding carboxylic acids is 1. The molecule has 0 spiro atoms. The van der Waals surface area contributed by atoms with Crippen molar-refractivity contribution in [3.05, 3.63) is 89.2 Å². The lowest BCUT2D eigenvalue weighted by atomic mass is 10.1. The van der Waals surface area contributed by atoms with Crippen LogP contribution in [0.4, 0.5) is 0 Å². The predicted molar refractivity (Wildman–Crippen MR) is 139 cm³/mol. The van der Waals surface area contributed by atoms with E-state index < -0.39 is 0 Å². The third-order valence-electron chi connectivity index (χ3n) is 6.13. The minimum Gasteiger partial charge on any atom is -0.497 e. The summed E-state index contributed by atoms with van der Waals surface area (Å²) in [6, 6.07) is 21.6. The molecule has 0 unspecified atom stereocenters. The standard InChI is InChI=1S/C29H33N3O3/c1-21-10-8-11-22(2)28(21)35-19-7-6-18-32-26-15-5-4-14-25(26)31-27(32)16-17-30-29(33)23-12-9-13-24(20-23)34-3/h4-5,8-15,20H,6-7,16-19H2,1-3H3,(H,30,33). The Labute approximate surface area is 206 Å². The number of rotatable bonds is 11. The quantitative estimate of drug-likeness (QED) is 0.294. The number of ether oxygens (including phenoxy) is 2. The van der Waals surface area contributed by atoms with Gasteiger partial charge in [0.05, 0.1) is 24.8 Å². The minimum absolute atomic E-state index is 0.116. The molecule has 1 heterocycles. The molecule has 0 radical (unpaired) electrons. The largest absolute Gasteiger partial charge is 0.497 e. The minimum atomic E-state index is -0.116. The molecule has 35 heavy (non-hydrogen) atoms. The van der Waals surface area contributed by atoms with Crippen molar-refractivity contribution in [3.8, 4) is 11.5 Å². The Morgan fingerprint density at radius 1 is 0.971 bits per heavy atom. The van der Waals surface area contributed by atoms with E-state index in [1.807, 2.05) is 30.3 Å². The van der Waals surface area contributed by atoms with E-state index in [4.69, 9.17) is 14.5 Å². The maximum Gasteiger partial charge on any atom is 0.251 e. The molecule has 0 bridgehead atoms. The highest BCUT2D eigenvalue weighted by molar-refractivity contribution is 5.94. The molecular weight excluding hydrogens is 438 g/mol. The lowest BCUT2D eigenvalue weighted by Crippen LogP contribution is -2.26. The van der Waals surface area contributed by atoms with Gasteiger partial charge in [0.2, 0.25) is 0 Å². The van der Waals surface area contributed by atoms with Crippen LogP contribution < -0.4 is 14.8 Å². The first-order valence-corrected chi connectivity index (χ1v) is 12.1. The molecule has 6 nitrogen and oxygen atoms in total. The van der Waals surface area contributed by atoms with E-state index in [9.17, 15) is 4.79 Å². The highest BCUT2D eigenvalue weighted by Crippen LogP contribution is 2.23. The van der Waals surface area contributed by atoms with Crippen LogP contribution in [0, 0.1) is 13.8 Å². The molecule has 0 saturated heterocycles. The molecule has 3 aromatic carbocycles. The smallest absolute Gasteiger partial charge is 0.251 e. The van der Waals surface area contributed by atoms with E-state index in [0.29, 0.717) is 30.9 Å². The van der Waals surface area contributed by atoms with Gasteiger partial charge in [-0.25, -0.2) is 4.98 Å². The number of nitrogens with one attached hydrogen (secondary N) is 1. The number of hydrogen-bond acceptors (Lipinski definition) is 4. The molecule has 0 fully saturated rings. The third-order valence-corrected chi connectivity index (χ3v) is 6.13. The Morgan fingerprint density at radius 2 is 1.74 bits per heavy atom. The van der Waals surface area contributed by atoms with E-state index in [0.717, 1.165) is 42.0 Å². The Bertz CT molecular complexity index is 1280. The van der Waals surface area contributed by atoms with Crippen molar-refractivity contribution in [1.29, 1.82) is 0 Å². The molecule has 6 heteroatoms. The lowest BCUT2D eigenvalue weighted by molar-refractivity contribution is 0.0953. The number of fused-ring (bicyclic) bond motifs is 1. The van der Waals surface area contributed by atoms with Crippen molar-refractivity contribution < 1.29 is 14.3 Å². The van der Waals surface area contributed by atoms with Crippen LogP contribution in [0.2, 0.25) is 0 Å². The average molecular weight is 472 g/mol. The molecule has 0 saturated carbocycles. The number of aryl methyl sites for hydroxylation is 3. The van der Waals surface area contributed by atoms with Gasteiger partial charge in [0.15, 0.2) is 0 Å². The number of hydrogen-bond donors (Lipinski definition) is 1. The second-order valence-electron chi connectivity index (χ2n) is 8.68. The van der Waals surface area contributed by atoms with E-state index >= 15 is 0 Å². The van der Waals surface area contributed by atoms with Gasteiger partial charge in [-0.2, -0.15) is 0 Å². The summed E-state index contributed by atoms with van der Waals surface area (Å²) in [5.74, 6) is 2.53. The topological polar surface area (TPSA) is 65.4 Å². The first kappa shape index (κ1) is 24.3. The molecule has 0 aliphatic heterocycles. The number of aromatic nitrogens is 2. The second-order valence-corrected chi connectivity index (χ2v) is 8.68. The van der Waals surface area contributed by atoms with Gasteiger partial charge < -0.3 is 19.4 Å². The summed E-state index contributed by atoms with van der Waals surface area (Å²) >= 11 is 0. The van der Waals surface area contributed by atoms with Crippen LogP contribution in [0.5, 0.6) is 11.5 Å². The van der Waals surface area contributed by atoms with Gasteiger partial charge in [0, 0.05) is 25.1 Å². The zero-order valence-corrected chi connectivity index (χ0v) is 20.7. The predicted octanol–water partition coefficient (Wildman–Crippen LogP) is 5.49. The average Bonchev–Trinajstić information content (AvgIpc) is 3.22. The summed E-state index contributed by atoms with van der Waals surface area (Å²) < 4.78 is 13.6. The molecule has 0 atom stereocenters. The molecular formula is C29H33N3O3. The van der Waals surface area contributed by atoms with Crippen molar-refractivity contribution >= 4 is 16.9 Å². The van der Waals surface area contributed by atoms with Crippen LogP contribution in [-0.4, -0.2) is 35.7 Å². The number of methoxy groups -OCH3 is 1. The zero-order valence-electron chi connectivity index (χ0n) is 20.7. The number of imidazole rings is 1. The van der Waals surface area contributed by atoms with Crippen LogP contribution in [-0.2, 0) is 13.0 Å². The van der Waals surface area contributed by atoms with Gasteiger partial charge in [0.1, 0.15) is 17.3 Å². The molecule has 4 rings (SSSR count). The van der Waals surface area contributed by atoms with Gasteiger partial charge in [-0.05, 0) is 68.1 Å². The SMILES string of the molecule is COc1cccc(C(=O)NCCc2nc3ccccc3n2CCCCOc2c(C)cccc2C)c1. The number of nitrogens with zero attached hydrogens (tertiary/aromatic N) is 2. The highest BCUT2D eigenvalue weighted by Gasteiger charge is 2.12. The van der Waals surface area contributed by atoms with E-state index in [-0.39, 0.29) is 5.91 Å². The van der Waals surface area contributed by atoms with Crippen LogP contribution in [0.25, 0.3) is 11.0 Å². The number of benzene rings is 3. The second kappa shape index (κ2) is 11.6. The summed E-state index contributed by atoms with van der Waals surface area (Å²) in [5, 5.41) is 3.01. The van der Waals surface area contributed by atoms with Gasteiger partial charge >= 0.3 is 0 Å². The molecule has 1 amide bonds. The van der Waals surface area contributed by atoms with E-state index in [1.54, 1.807) is 19.2 Å². The number of amides is 1. The summed E-state index contributed by atoms with van der Waals surface area (Å²) in [7, 11) is 1.59. The Balaban J connectivity index is 1.34. The molecule has 182 valence electrons. The van der Waals surface area contributed by atoms with Gasteiger partial charge in [-0.1, -0.05) is 36.4 Å². The molecule has 0 aliphatic carbocycles. The van der Waals surface area contributed by atoms with Crippen LogP contribution >= 0.6 is 0 Å². The summed E-state index contributed by atoms with van der Waals surface area (Å²) in [6.07, 6.45) is 2.59. The first-order valence-electron chi connectivity index (χ1n) is 12.1. The molecule has 0 aliphatic rings. The zero-order chi connectivity index (χ0) is 24.6. The molecule has 1 aromatic heterocycles. The summed E-state index contributed by atoms with van der Waals surface area (Å²) in [6.45, 7) is 6.22. The maximum atomic E-state index is 12.6. The van der Waals surface area contributed by atoms with E-state index in [1.165, 1.54) is 11.1 Å². The Morgan fingerprint density at radius 3 is 2.54 bits per heavy atom. The van der Waals surface area contributed by atoms with Crippen molar-refractivity contribution in [2.24, 2.45) is 0 Å². The first-order chi connectivity index (χ1) is 17.1. The summed E-state index contributed by atoms with van der Waals surface area (Å²) in [4.78, 5) is 17.4. The number of carbonyl (C=O) groups is 1. The van der Waals surface area contributed by atoms with Crippen molar-refractivity contribution in [2.45, 2.75) is 39.7 Å². The Kier molecular flexibility index (Phi) is 8.03. The van der Waals surface area contributed by atoms with Crippen LogP contribution in [0.1, 0.15) is 40.2 Å². The number of unbranched alkanes of at least 4 members (excludes halogenated alkanes) is 1. The maximum absolute atomic E-state index is 12.6. The van der Waals surface area contributed by atoms with Crippen molar-refractivity contribution in [3.63, 3.8) is 0 Å². The third kappa shape index (κ3) is 6.01. The lowest BCUT2D eigenvalue weighted by Gasteiger charge is -2.13.